The minimum atomic E-state index is -0.509. The van der Waals surface area contributed by atoms with Gasteiger partial charge in [0.25, 0.3) is 0 Å². The van der Waals surface area contributed by atoms with Crippen molar-refractivity contribution in [3.63, 3.8) is 0 Å². The van der Waals surface area contributed by atoms with E-state index in [1.54, 1.807) is 12.1 Å². The molecule has 106 valence electrons. The lowest BCUT2D eigenvalue weighted by atomic mass is 10.1. The number of nitrogens with zero attached hydrogens (tertiary/aromatic N) is 2. The number of carbonyl (C=O) groups excluding carboxylic acids is 1. The molecule has 1 aliphatic rings. The number of ether oxygens (including phenoxy) is 1. The fraction of sp³-hybridized carbons (Fsp3) is 0.385. The maximum absolute atomic E-state index is 11.3. The summed E-state index contributed by atoms with van der Waals surface area (Å²) in [6.07, 6.45) is 1.77. The molecule has 7 heteroatoms. The predicted molar refractivity (Wildman–Crippen MR) is 75.5 cm³/mol. The van der Waals surface area contributed by atoms with Gasteiger partial charge in [0, 0.05) is 5.56 Å². The molecule has 1 atom stereocenters. The van der Waals surface area contributed by atoms with Crippen molar-refractivity contribution in [3.8, 4) is 5.75 Å². The van der Waals surface area contributed by atoms with E-state index in [1.807, 2.05) is 4.57 Å². The van der Waals surface area contributed by atoms with Crippen LogP contribution in [-0.4, -0.2) is 28.6 Å². The molecule has 2 aromatic rings. The minimum absolute atomic E-state index is 0.121. The van der Waals surface area contributed by atoms with Crippen LogP contribution in [0.1, 0.15) is 29.2 Å². The standard InChI is InChI=1S/C13H17N5O2/c14-3-1-2-8-6-20-10-5-7(12(15)19)4-9-11(10)18(8)13(16)17-9/h4-5,8H,1-3,6,14H2,(H2,15,19)(H2,16,17)/t8-/m0/s1. The van der Waals surface area contributed by atoms with Crippen LogP contribution in [0.3, 0.4) is 0 Å². The van der Waals surface area contributed by atoms with Crippen molar-refractivity contribution in [2.24, 2.45) is 11.5 Å². The Bertz CT molecular complexity index is 679. The number of anilines is 1. The number of nitrogens with two attached hydrogens (primary N) is 3. The molecule has 0 radical (unpaired) electrons. The number of benzene rings is 1. The average molecular weight is 275 g/mol. The Balaban J connectivity index is 2.14. The summed E-state index contributed by atoms with van der Waals surface area (Å²) in [6, 6.07) is 3.40. The Morgan fingerprint density at radius 1 is 1.50 bits per heavy atom. The quantitative estimate of drug-likeness (QED) is 0.745. The monoisotopic (exact) mass is 275 g/mol. The van der Waals surface area contributed by atoms with Crippen LogP contribution in [0.25, 0.3) is 11.0 Å². The first-order valence-electron chi connectivity index (χ1n) is 6.56. The molecule has 0 unspecified atom stereocenters. The van der Waals surface area contributed by atoms with Gasteiger partial charge >= 0.3 is 0 Å². The summed E-state index contributed by atoms with van der Waals surface area (Å²) in [5.41, 5.74) is 18.7. The SMILES string of the molecule is NCCC[C@H]1COc2cc(C(N)=O)cc3nc(N)n1c23. The first-order chi connectivity index (χ1) is 9.61. The molecule has 1 aromatic heterocycles. The van der Waals surface area contributed by atoms with E-state index in [-0.39, 0.29) is 6.04 Å². The van der Waals surface area contributed by atoms with Gasteiger partial charge in [-0.3, -0.25) is 4.79 Å². The van der Waals surface area contributed by atoms with Crippen LogP contribution < -0.4 is 21.9 Å². The summed E-state index contributed by atoms with van der Waals surface area (Å²) >= 11 is 0. The summed E-state index contributed by atoms with van der Waals surface area (Å²) in [5, 5.41) is 0. The fourth-order valence-corrected chi connectivity index (χ4v) is 2.66. The highest BCUT2D eigenvalue weighted by Crippen LogP contribution is 2.37. The van der Waals surface area contributed by atoms with Gasteiger partial charge < -0.3 is 26.5 Å². The Labute approximate surface area is 115 Å². The highest BCUT2D eigenvalue weighted by Gasteiger charge is 2.26. The zero-order valence-electron chi connectivity index (χ0n) is 11.0. The highest BCUT2D eigenvalue weighted by molar-refractivity contribution is 5.99. The van der Waals surface area contributed by atoms with E-state index < -0.39 is 5.91 Å². The third-order valence-corrected chi connectivity index (χ3v) is 3.60. The number of hydrogen-bond donors (Lipinski definition) is 3. The van der Waals surface area contributed by atoms with Crippen LogP contribution in [0, 0.1) is 0 Å². The number of primary amides is 1. The third kappa shape index (κ3) is 1.87. The first-order valence-corrected chi connectivity index (χ1v) is 6.56. The minimum Gasteiger partial charge on any atom is -0.489 e. The lowest BCUT2D eigenvalue weighted by Crippen LogP contribution is -2.24. The van der Waals surface area contributed by atoms with Gasteiger partial charge in [-0.2, -0.15) is 0 Å². The maximum Gasteiger partial charge on any atom is 0.248 e. The Kier molecular flexibility index (Phi) is 2.98. The lowest BCUT2D eigenvalue weighted by molar-refractivity contribution is 0.1000. The van der Waals surface area contributed by atoms with Gasteiger partial charge in [0.05, 0.1) is 11.6 Å². The molecule has 0 bridgehead atoms. The summed E-state index contributed by atoms with van der Waals surface area (Å²) in [7, 11) is 0. The van der Waals surface area contributed by atoms with Crippen molar-refractivity contribution in [2.45, 2.75) is 18.9 Å². The average Bonchev–Trinajstić information content (AvgIpc) is 2.76. The molecule has 0 saturated heterocycles. The van der Waals surface area contributed by atoms with Gasteiger partial charge in [-0.05, 0) is 31.5 Å². The number of rotatable bonds is 4. The summed E-state index contributed by atoms with van der Waals surface area (Å²) in [5.74, 6) is 0.516. The normalized spacial score (nSPS) is 17.1. The predicted octanol–water partition coefficient (Wildman–Crippen LogP) is 0.390. The number of hydrogen-bond acceptors (Lipinski definition) is 5. The van der Waals surface area contributed by atoms with Gasteiger partial charge in [0.15, 0.2) is 0 Å². The van der Waals surface area contributed by atoms with Gasteiger partial charge in [0.2, 0.25) is 11.9 Å². The number of nitrogen functional groups attached to an aromatic ring is 1. The largest absolute Gasteiger partial charge is 0.489 e. The van der Waals surface area contributed by atoms with Crippen molar-refractivity contribution in [1.82, 2.24) is 9.55 Å². The van der Waals surface area contributed by atoms with Crippen LogP contribution >= 0.6 is 0 Å². The smallest absolute Gasteiger partial charge is 0.248 e. The number of carbonyl (C=O) groups is 1. The number of amides is 1. The van der Waals surface area contributed by atoms with Crippen molar-refractivity contribution >= 4 is 22.9 Å². The summed E-state index contributed by atoms with van der Waals surface area (Å²) in [6.45, 7) is 1.12. The van der Waals surface area contributed by atoms with E-state index >= 15 is 0 Å². The summed E-state index contributed by atoms with van der Waals surface area (Å²) < 4.78 is 7.71. The van der Waals surface area contributed by atoms with Gasteiger partial charge in [-0.15, -0.1) is 0 Å². The first kappa shape index (κ1) is 12.7. The second kappa shape index (κ2) is 4.68. The van der Waals surface area contributed by atoms with Crippen LogP contribution in [0.4, 0.5) is 5.95 Å². The van der Waals surface area contributed by atoms with Crippen LogP contribution in [0.2, 0.25) is 0 Å². The molecule has 7 nitrogen and oxygen atoms in total. The second-order valence-corrected chi connectivity index (χ2v) is 4.94. The molecule has 1 aromatic carbocycles. The van der Waals surface area contributed by atoms with Gasteiger partial charge in [-0.25, -0.2) is 4.98 Å². The molecule has 0 fully saturated rings. The molecular weight excluding hydrogens is 258 g/mol. The van der Waals surface area contributed by atoms with Crippen molar-refractivity contribution < 1.29 is 9.53 Å². The molecule has 0 saturated carbocycles. The molecular formula is C13H17N5O2. The zero-order chi connectivity index (χ0) is 14.3. The van der Waals surface area contributed by atoms with E-state index in [0.29, 0.717) is 35.9 Å². The molecule has 6 N–H and O–H groups in total. The fourth-order valence-electron chi connectivity index (χ4n) is 2.66. The van der Waals surface area contributed by atoms with Crippen molar-refractivity contribution in [3.05, 3.63) is 17.7 Å². The number of aromatic nitrogens is 2. The van der Waals surface area contributed by atoms with E-state index in [2.05, 4.69) is 4.98 Å². The molecule has 3 rings (SSSR count). The highest BCUT2D eigenvalue weighted by atomic mass is 16.5. The van der Waals surface area contributed by atoms with E-state index in [4.69, 9.17) is 21.9 Å². The van der Waals surface area contributed by atoms with E-state index in [9.17, 15) is 4.79 Å². The number of imidazole rings is 1. The Hall–Kier alpha value is -2.28. The Morgan fingerprint density at radius 2 is 2.30 bits per heavy atom. The molecule has 0 spiro atoms. The molecule has 2 heterocycles. The van der Waals surface area contributed by atoms with Crippen molar-refractivity contribution in [2.75, 3.05) is 18.9 Å². The van der Waals surface area contributed by atoms with Gasteiger partial charge in [-0.1, -0.05) is 0 Å². The topological polar surface area (TPSA) is 122 Å². The van der Waals surface area contributed by atoms with E-state index in [0.717, 1.165) is 18.4 Å². The maximum atomic E-state index is 11.3. The molecule has 1 aliphatic heterocycles. The van der Waals surface area contributed by atoms with Crippen LogP contribution in [0.15, 0.2) is 12.1 Å². The van der Waals surface area contributed by atoms with Crippen LogP contribution in [0.5, 0.6) is 5.75 Å². The van der Waals surface area contributed by atoms with Crippen molar-refractivity contribution in [1.29, 1.82) is 0 Å². The van der Waals surface area contributed by atoms with E-state index in [1.165, 1.54) is 0 Å². The summed E-state index contributed by atoms with van der Waals surface area (Å²) in [4.78, 5) is 15.6. The van der Waals surface area contributed by atoms with Gasteiger partial charge in [0.1, 0.15) is 17.9 Å². The Morgan fingerprint density at radius 3 is 3.00 bits per heavy atom. The molecule has 20 heavy (non-hydrogen) atoms. The third-order valence-electron chi connectivity index (χ3n) is 3.60. The zero-order valence-corrected chi connectivity index (χ0v) is 11.0. The second-order valence-electron chi connectivity index (χ2n) is 4.94. The molecule has 0 aliphatic carbocycles. The van der Waals surface area contributed by atoms with Crippen LogP contribution in [-0.2, 0) is 0 Å². The molecule has 1 amide bonds. The lowest BCUT2D eigenvalue weighted by Gasteiger charge is -2.26.